The summed E-state index contributed by atoms with van der Waals surface area (Å²) in [4.78, 5) is 0. The molecule has 0 aliphatic heterocycles. The Hall–Kier alpha value is -1.61. The van der Waals surface area contributed by atoms with Gasteiger partial charge < -0.3 is 0 Å². The van der Waals surface area contributed by atoms with Crippen molar-refractivity contribution in [2.24, 2.45) is 0 Å². The fourth-order valence-electron chi connectivity index (χ4n) is 2.20. The maximum Gasteiger partial charge on any atom is 0.154 e. The van der Waals surface area contributed by atoms with Gasteiger partial charge in [-0.25, -0.2) is 8.42 Å². The zero-order valence-corrected chi connectivity index (χ0v) is 12.5. The van der Waals surface area contributed by atoms with Crippen molar-refractivity contribution in [1.82, 2.24) is 0 Å². The number of rotatable bonds is 6. The first-order valence-corrected chi connectivity index (χ1v) is 8.68. The number of hydrogen-bond acceptors (Lipinski definition) is 2. The lowest BCUT2D eigenvalue weighted by atomic mass is 9.99. The highest BCUT2D eigenvalue weighted by molar-refractivity contribution is 7.90. The molecule has 0 N–H and O–H groups in total. The summed E-state index contributed by atoms with van der Waals surface area (Å²) in [5.74, 6) is 0.634. The van der Waals surface area contributed by atoms with Crippen LogP contribution in [0.25, 0.3) is 0 Å². The maximum absolute atomic E-state index is 12.1. The zero-order chi connectivity index (χ0) is 14.4. The van der Waals surface area contributed by atoms with Gasteiger partial charge in [-0.2, -0.15) is 0 Å². The summed E-state index contributed by atoms with van der Waals surface area (Å²) in [6.07, 6.45) is 0.666. The summed E-state index contributed by atoms with van der Waals surface area (Å²) in [5.41, 5.74) is 2.06. The second kappa shape index (κ2) is 6.71. The van der Waals surface area contributed by atoms with Gasteiger partial charge in [0, 0.05) is 0 Å². The molecule has 3 heteroatoms. The van der Waals surface area contributed by atoms with E-state index in [-0.39, 0.29) is 17.4 Å². The van der Waals surface area contributed by atoms with Crippen molar-refractivity contribution in [3.63, 3.8) is 0 Å². The summed E-state index contributed by atoms with van der Waals surface area (Å²) < 4.78 is 24.3. The highest BCUT2D eigenvalue weighted by Gasteiger charge is 2.14. The largest absolute Gasteiger partial charge is 0.228 e. The van der Waals surface area contributed by atoms with E-state index in [4.69, 9.17) is 0 Å². The first-order chi connectivity index (χ1) is 9.57. The fraction of sp³-hybridized carbons (Fsp3) is 0.294. The molecule has 0 bridgehead atoms. The minimum Gasteiger partial charge on any atom is -0.228 e. The van der Waals surface area contributed by atoms with E-state index in [9.17, 15) is 8.42 Å². The molecule has 0 aliphatic rings. The van der Waals surface area contributed by atoms with E-state index in [1.54, 1.807) is 0 Å². The minimum absolute atomic E-state index is 0.134. The van der Waals surface area contributed by atoms with Crippen molar-refractivity contribution in [1.29, 1.82) is 0 Å². The standard InChI is InChI=1S/C17H20O2S/c1-15(17-10-6-3-7-11-17)12-13-20(18,19)14-16-8-4-2-5-9-16/h2-11,15H,12-14H2,1H3/t15-/m1/s1. The van der Waals surface area contributed by atoms with Crippen LogP contribution in [0.2, 0.25) is 0 Å². The molecule has 2 aromatic carbocycles. The van der Waals surface area contributed by atoms with Crippen LogP contribution >= 0.6 is 0 Å². The van der Waals surface area contributed by atoms with Crippen LogP contribution in [0.1, 0.15) is 30.4 Å². The Bertz CT molecular complexity index is 619. The number of sulfone groups is 1. The Morgan fingerprint density at radius 1 is 0.900 bits per heavy atom. The minimum atomic E-state index is -3.04. The van der Waals surface area contributed by atoms with Crippen LogP contribution in [0.5, 0.6) is 0 Å². The second-order valence-electron chi connectivity index (χ2n) is 5.18. The SMILES string of the molecule is C[C@H](CCS(=O)(=O)Cc1ccccc1)c1ccccc1. The molecule has 20 heavy (non-hydrogen) atoms. The van der Waals surface area contributed by atoms with Crippen molar-refractivity contribution >= 4 is 9.84 Å². The van der Waals surface area contributed by atoms with E-state index >= 15 is 0 Å². The smallest absolute Gasteiger partial charge is 0.154 e. The lowest BCUT2D eigenvalue weighted by molar-refractivity contribution is 0.587. The van der Waals surface area contributed by atoms with E-state index in [1.165, 1.54) is 5.56 Å². The molecular formula is C17H20O2S. The highest BCUT2D eigenvalue weighted by atomic mass is 32.2. The molecule has 0 aliphatic carbocycles. The summed E-state index contributed by atoms with van der Waals surface area (Å²) in [5, 5.41) is 0. The van der Waals surface area contributed by atoms with Gasteiger partial charge in [-0.1, -0.05) is 67.6 Å². The van der Waals surface area contributed by atoms with Gasteiger partial charge in [0.25, 0.3) is 0 Å². The Morgan fingerprint density at radius 2 is 1.45 bits per heavy atom. The predicted molar refractivity (Wildman–Crippen MR) is 83.4 cm³/mol. The van der Waals surface area contributed by atoms with Crippen LogP contribution in [0.15, 0.2) is 60.7 Å². The van der Waals surface area contributed by atoms with Crippen LogP contribution in [0.3, 0.4) is 0 Å². The lowest BCUT2D eigenvalue weighted by Crippen LogP contribution is -2.11. The van der Waals surface area contributed by atoms with Gasteiger partial charge in [-0.3, -0.25) is 0 Å². The predicted octanol–water partition coefficient (Wildman–Crippen LogP) is 3.80. The van der Waals surface area contributed by atoms with E-state index in [0.29, 0.717) is 6.42 Å². The van der Waals surface area contributed by atoms with E-state index in [0.717, 1.165) is 5.56 Å². The molecule has 0 fully saturated rings. The third-order valence-corrected chi connectivity index (χ3v) is 5.09. The monoisotopic (exact) mass is 288 g/mol. The van der Waals surface area contributed by atoms with Crippen molar-refractivity contribution in [2.75, 3.05) is 5.75 Å². The molecule has 2 rings (SSSR count). The Labute approximate surface area is 121 Å². The van der Waals surface area contributed by atoms with Gasteiger partial charge in [0.05, 0.1) is 11.5 Å². The third kappa shape index (κ3) is 4.49. The average molecular weight is 288 g/mol. The molecule has 0 amide bonds. The van der Waals surface area contributed by atoms with Gasteiger partial charge in [-0.05, 0) is 23.5 Å². The van der Waals surface area contributed by atoms with Crippen molar-refractivity contribution < 1.29 is 8.42 Å². The molecule has 2 aromatic rings. The molecule has 0 saturated carbocycles. The molecule has 0 saturated heterocycles. The summed E-state index contributed by atoms with van der Waals surface area (Å²) in [7, 11) is -3.04. The molecule has 1 atom stereocenters. The maximum atomic E-state index is 12.1. The van der Waals surface area contributed by atoms with E-state index in [2.05, 4.69) is 19.1 Å². The molecule has 0 unspecified atom stereocenters. The Kier molecular flexibility index (Phi) is 4.96. The molecule has 106 valence electrons. The van der Waals surface area contributed by atoms with Crippen LogP contribution < -0.4 is 0 Å². The van der Waals surface area contributed by atoms with Gasteiger partial charge in [0.2, 0.25) is 0 Å². The van der Waals surface area contributed by atoms with Crippen molar-refractivity contribution in [3.8, 4) is 0 Å². The van der Waals surface area contributed by atoms with Crippen LogP contribution in [-0.4, -0.2) is 14.2 Å². The molecular weight excluding hydrogens is 268 g/mol. The van der Waals surface area contributed by atoms with Gasteiger partial charge in [0.15, 0.2) is 9.84 Å². The fourth-order valence-corrected chi connectivity index (χ4v) is 3.76. The molecule has 0 aromatic heterocycles. The first-order valence-electron chi connectivity index (χ1n) is 6.86. The van der Waals surface area contributed by atoms with Crippen LogP contribution in [-0.2, 0) is 15.6 Å². The lowest BCUT2D eigenvalue weighted by Gasteiger charge is -2.12. The number of benzene rings is 2. The first kappa shape index (κ1) is 14.8. The van der Waals surface area contributed by atoms with Crippen molar-refractivity contribution in [2.45, 2.75) is 25.0 Å². The van der Waals surface area contributed by atoms with E-state index in [1.807, 2.05) is 48.5 Å². The normalized spacial score (nSPS) is 13.1. The van der Waals surface area contributed by atoms with Crippen LogP contribution in [0.4, 0.5) is 0 Å². The van der Waals surface area contributed by atoms with Gasteiger partial charge in [0.1, 0.15) is 0 Å². The Balaban J connectivity index is 1.93. The van der Waals surface area contributed by atoms with Gasteiger partial charge >= 0.3 is 0 Å². The molecule has 0 heterocycles. The topological polar surface area (TPSA) is 34.1 Å². The quantitative estimate of drug-likeness (QED) is 0.810. The summed E-state index contributed by atoms with van der Waals surface area (Å²) >= 11 is 0. The average Bonchev–Trinajstić information content (AvgIpc) is 2.46. The zero-order valence-electron chi connectivity index (χ0n) is 11.7. The van der Waals surface area contributed by atoms with Crippen molar-refractivity contribution in [3.05, 3.63) is 71.8 Å². The third-order valence-electron chi connectivity index (χ3n) is 3.46. The summed E-state index contributed by atoms with van der Waals surface area (Å²) in [6, 6.07) is 19.4. The highest BCUT2D eigenvalue weighted by Crippen LogP contribution is 2.20. The van der Waals surface area contributed by atoms with E-state index < -0.39 is 9.84 Å². The Morgan fingerprint density at radius 3 is 2.05 bits per heavy atom. The molecule has 0 spiro atoms. The molecule has 0 radical (unpaired) electrons. The summed E-state index contributed by atoms with van der Waals surface area (Å²) in [6.45, 7) is 2.08. The van der Waals surface area contributed by atoms with Gasteiger partial charge in [-0.15, -0.1) is 0 Å². The molecule has 2 nitrogen and oxygen atoms in total. The van der Waals surface area contributed by atoms with Crippen LogP contribution in [0, 0.1) is 0 Å². The number of hydrogen-bond donors (Lipinski definition) is 0. The second-order valence-corrected chi connectivity index (χ2v) is 7.36.